The highest BCUT2D eigenvalue weighted by Gasteiger charge is 2.17. The predicted octanol–water partition coefficient (Wildman–Crippen LogP) is 4.04. The van der Waals surface area contributed by atoms with Crippen molar-refractivity contribution in [2.24, 2.45) is 5.73 Å². The number of aromatic nitrogens is 1. The van der Waals surface area contributed by atoms with Crippen molar-refractivity contribution in [3.63, 3.8) is 0 Å². The van der Waals surface area contributed by atoms with E-state index in [2.05, 4.69) is 28.5 Å². The van der Waals surface area contributed by atoms with E-state index in [1.165, 1.54) is 16.7 Å². The van der Waals surface area contributed by atoms with E-state index >= 15 is 0 Å². The standard InChI is InChI=1S/C24H27N3O2/c1-29-20-9-2-16(3-10-20)12-13-26-19-7-4-17(5-8-19)22-15-27-23-11-6-18(24(25)28)14-21(22)23/h2-4,6,9-11,14-15,19,26-27H,5,7-8,12-13H2,1H3,(H2,25,28). The van der Waals surface area contributed by atoms with Gasteiger partial charge in [0.05, 0.1) is 7.11 Å². The predicted molar refractivity (Wildman–Crippen MR) is 117 cm³/mol. The van der Waals surface area contributed by atoms with Crippen LogP contribution in [-0.4, -0.2) is 30.6 Å². The number of amides is 1. The van der Waals surface area contributed by atoms with Gasteiger partial charge in [-0.15, -0.1) is 0 Å². The number of ether oxygens (including phenoxy) is 1. The lowest BCUT2D eigenvalue weighted by molar-refractivity contribution is 0.100. The first-order valence-corrected chi connectivity index (χ1v) is 10.1. The van der Waals surface area contributed by atoms with Gasteiger partial charge >= 0.3 is 0 Å². The minimum Gasteiger partial charge on any atom is -0.497 e. The molecule has 5 nitrogen and oxygen atoms in total. The molecule has 0 radical (unpaired) electrons. The molecule has 0 spiro atoms. The van der Waals surface area contributed by atoms with E-state index in [1.54, 1.807) is 13.2 Å². The molecule has 1 unspecified atom stereocenters. The summed E-state index contributed by atoms with van der Waals surface area (Å²) in [6, 6.07) is 14.3. The fraction of sp³-hybridized carbons (Fsp3) is 0.292. The molecule has 5 heteroatoms. The van der Waals surface area contributed by atoms with Crippen LogP contribution in [0.4, 0.5) is 0 Å². The van der Waals surface area contributed by atoms with E-state index in [1.807, 2.05) is 30.5 Å². The summed E-state index contributed by atoms with van der Waals surface area (Å²) in [5.74, 6) is 0.504. The van der Waals surface area contributed by atoms with E-state index in [0.29, 0.717) is 11.6 Å². The minimum absolute atomic E-state index is 0.391. The molecule has 0 saturated carbocycles. The highest BCUT2D eigenvalue weighted by atomic mass is 16.5. The van der Waals surface area contributed by atoms with Crippen molar-refractivity contribution >= 4 is 22.4 Å². The maximum absolute atomic E-state index is 11.5. The highest BCUT2D eigenvalue weighted by molar-refractivity contribution is 6.00. The number of hydrogen-bond donors (Lipinski definition) is 3. The number of nitrogens with one attached hydrogen (secondary N) is 2. The molecule has 1 aliphatic carbocycles. The summed E-state index contributed by atoms with van der Waals surface area (Å²) in [6.07, 6.45) is 8.52. The van der Waals surface area contributed by atoms with Crippen molar-refractivity contribution in [2.45, 2.75) is 31.7 Å². The number of primary amides is 1. The molecule has 1 aliphatic rings. The maximum atomic E-state index is 11.5. The number of H-pyrrole nitrogens is 1. The van der Waals surface area contributed by atoms with E-state index < -0.39 is 5.91 Å². The van der Waals surface area contributed by atoms with Crippen molar-refractivity contribution in [3.8, 4) is 5.75 Å². The molecule has 1 amide bonds. The Labute approximate surface area is 170 Å². The van der Waals surface area contributed by atoms with Crippen LogP contribution in [0.5, 0.6) is 5.75 Å². The number of carbonyl (C=O) groups excluding carboxylic acids is 1. The Morgan fingerprint density at radius 1 is 1.24 bits per heavy atom. The first-order valence-electron chi connectivity index (χ1n) is 10.1. The van der Waals surface area contributed by atoms with E-state index in [9.17, 15) is 4.79 Å². The Balaban J connectivity index is 1.36. The van der Waals surface area contributed by atoms with Gasteiger partial charge in [-0.3, -0.25) is 4.79 Å². The first-order chi connectivity index (χ1) is 14.1. The lowest BCUT2D eigenvalue weighted by Gasteiger charge is -2.23. The van der Waals surface area contributed by atoms with Gasteiger partial charge in [0.15, 0.2) is 0 Å². The van der Waals surface area contributed by atoms with Crippen LogP contribution in [0.1, 0.15) is 40.7 Å². The van der Waals surface area contributed by atoms with Crippen LogP contribution in [-0.2, 0) is 6.42 Å². The van der Waals surface area contributed by atoms with Gasteiger partial charge in [-0.25, -0.2) is 0 Å². The van der Waals surface area contributed by atoms with Gasteiger partial charge < -0.3 is 20.8 Å². The lowest BCUT2D eigenvalue weighted by Crippen LogP contribution is -2.31. The second-order valence-electron chi connectivity index (χ2n) is 7.58. The molecule has 4 N–H and O–H groups in total. The van der Waals surface area contributed by atoms with Gasteiger partial charge in [0.1, 0.15) is 5.75 Å². The number of rotatable bonds is 7. The second-order valence-corrected chi connectivity index (χ2v) is 7.58. The van der Waals surface area contributed by atoms with Gasteiger partial charge in [-0.05, 0) is 73.7 Å². The van der Waals surface area contributed by atoms with Crippen LogP contribution in [0, 0.1) is 0 Å². The van der Waals surface area contributed by atoms with Crippen molar-refractivity contribution in [1.29, 1.82) is 0 Å². The summed E-state index contributed by atoms with van der Waals surface area (Å²) >= 11 is 0. The van der Waals surface area contributed by atoms with Crippen molar-refractivity contribution in [1.82, 2.24) is 10.3 Å². The smallest absolute Gasteiger partial charge is 0.248 e. The third kappa shape index (κ3) is 4.35. The van der Waals surface area contributed by atoms with Gasteiger partial charge in [-0.1, -0.05) is 18.2 Å². The minimum atomic E-state index is -0.391. The molecular weight excluding hydrogens is 362 g/mol. The van der Waals surface area contributed by atoms with Crippen LogP contribution >= 0.6 is 0 Å². The highest BCUT2D eigenvalue weighted by Crippen LogP contribution is 2.32. The fourth-order valence-electron chi connectivity index (χ4n) is 4.02. The SMILES string of the molecule is COc1ccc(CCNC2CC=C(c3c[nH]c4ccc(C(N)=O)cc34)CC2)cc1. The molecular formula is C24H27N3O2. The average molecular weight is 389 g/mol. The average Bonchev–Trinajstić information content (AvgIpc) is 3.18. The zero-order valence-corrected chi connectivity index (χ0v) is 16.7. The van der Waals surface area contributed by atoms with Gasteiger partial charge in [-0.2, -0.15) is 0 Å². The Morgan fingerprint density at radius 2 is 2.07 bits per heavy atom. The number of methoxy groups -OCH3 is 1. The number of allylic oxidation sites excluding steroid dienone is 1. The molecule has 150 valence electrons. The van der Waals surface area contributed by atoms with Crippen molar-refractivity contribution in [3.05, 3.63) is 71.4 Å². The van der Waals surface area contributed by atoms with E-state index in [0.717, 1.165) is 48.9 Å². The number of carbonyl (C=O) groups is 1. The van der Waals surface area contributed by atoms with Gasteiger partial charge in [0.25, 0.3) is 0 Å². The third-order valence-corrected chi connectivity index (χ3v) is 5.73. The molecule has 0 fully saturated rings. The number of fused-ring (bicyclic) bond motifs is 1. The Hall–Kier alpha value is -3.05. The topological polar surface area (TPSA) is 80.1 Å². The van der Waals surface area contributed by atoms with Crippen LogP contribution in [0.3, 0.4) is 0 Å². The summed E-state index contributed by atoms with van der Waals surface area (Å²) in [4.78, 5) is 14.8. The van der Waals surface area contributed by atoms with Gasteiger partial charge in [0.2, 0.25) is 5.91 Å². The number of hydrogen-bond acceptors (Lipinski definition) is 3. The molecule has 1 aromatic heterocycles. The zero-order chi connectivity index (χ0) is 20.2. The molecule has 0 aliphatic heterocycles. The number of aromatic amines is 1. The van der Waals surface area contributed by atoms with Crippen LogP contribution < -0.4 is 15.8 Å². The Kier molecular flexibility index (Phi) is 5.67. The van der Waals surface area contributed by atoms with E-state index in [-0.39, 0.29) is 0 Å². The van der Waals surface area contributed by atoms with Crippen molar-refractivity contribution in [2.75, 3.05) is 13.7 Å². The number of nitrogens with two attached hydrogens (primary N) is 1. The second kappa shape index (κ2) is 8.53. The number of benzene rings is 2. The molecule has 0 saturated heterocycles. The third-order valence-electron chi connectivity index (χ3n) is 5.73. The summed E-state index contributed by atoms with van der Waals surface area (Å²) < 4.78 is 5.21. The molecule has 2 aromatic carbocycles. The summed E-state index contributed by atoms with van der Waals surface area (Å²) in [5, 5.41) is 4.75. The summed E-state index contributed by atoms with van der Waals surface area (Å²) in [7, 11) is 1.69. The Morgan fingerprint density at radius 3 is 2.76 bits per heavy atom. The quantitative estimate of drug-likeness (QED) is 0.570. The van der Waals surface area contributed by atoms with Crippen LogP contribution in [0.2, 0.25) is 0 Å². The first kappa shape index (κ1) is 19.3. The Bertz CT molecular complexity index is 1030. The molecule has 3 aromatic rings. The lowest BCUT2D eigenvalue weighted by atomic mass is 9.90. The monoisotopic (exact) mass is 389 g/mol. The normalized spacial score (nSPS) is 16.6. The van der Waals surface area contributed by atoms with Crippen LogP contribution in [0.15, 0.2) is 54.7 Å². The largest absolute Gasteiger partial charge is 0.497 e. The molecule has 1 atom stereocenters. The molecule has 4 rings (SSSR count). The summed E-state index contributed by atoms with van der Waals surface area (Å²) in [5.41, 5.74) is 10.9. The van der Waals surface area contributed by atoms with Gasteiger partial charge in [0, 0.05) is 34.3 Å². The summed E-state index contributed by atoms with van der Waals surface area (Å²) in [6.45, 7) is 0.967. The molecule has 1 heterocycles. The molecule has 29 heavy (non-hydrogen) atoms. The fourth-order valence-corrected chi connectivity index (χ4v) is 4.02. The van der Waals surface area contributed by atoms with Crippen LogP contribution in [0.25, 0.3) is 16.5 Å². The maximum Gasteiger partial charge on any atom is 0.248 e. The van der Waals surface area contributed by atoms with Crippen molar-refractivity contribution < 1.29 is 9.53 Å². The zero-order valence-electron chi connectivity index (χ0n) is 16.7. The van der Waals surface area contributed by atoms with E-state index in [4.69, 9.17) is 10.5 Å². The molecule has 0 bridgehead atoms.